The molecule has 2 amide bonds. The van der Waals surface area contributed by atoms with Gasteiger partial charge >= 0.3 is 0 Å². The molecule has 0 spiro atoms. The highest BCUT2D eigenvalue weighted by Gasteiger charge is 2.24. The van der Waals surface area contributed by atoms with E-state index in [1.807, 2.05) is 56.3 Å². The number of benzene rings is 2. The van der Waals surface area contributed by atoms with Gasteiger partial charge in [-0.05, 0) is 37.6 Å². The molecule has 0 fully saturated rings. The number of rotatable bonds is 4. The van der Waals surface area contributed by atoms with E-state index in [0.717, 1.165) is 16.1 Å². The summed E-state index contributed by atoms with van der Waals surface area (Å²) in [4.78, 5) is 27.5. The van der Waals surface area contributed by atoms with Crippen LogP contribution in [0.3, 0.4) is 0 Å². The maximum atomic E-state index is 12.8. The molecule has 4 nitrogen and oxygen atoms in total. The Kier molecular flexibility index (Phi) is 4.90. The Morgan fingerprint density at radius 3 is 2.67 bits per heavy atom. The van der Waals surface area contributed by atoms with E-state index in [1.54, 1.807) is 11.0 Å². The monoisotopic (exact) mass is 340 g/mol. The van der Waals surface area contributed by atoms with Crippen LogP contribution < -0.4 is 5.32 Å². The Bertz CT molecular complexity index is 761. The van der Waals surface area contributed by atoms with Crippen molar-refractivity contribution in [3.63, 3.8) is 0 Å². The standard InChI is InChI=1S/C19H20N2O2S/c1-3-21(12-14-7-5-4-6-8-14)19(23)15-9-10-17-16(11-15)20-18(22)13(2)24-17/h4-11,13H,3,12H2,1-2H3,(H,20,22)/t13-/m0/s1. The number of nitrogens with zero attached hydrogens (tertiary/aromatic N) is 1. The number of fused-ring (bicyclic) bond motifs is 1. The number of hydrogen-bond donors (Lipinski definition) is 1. The second-order valence-corrected chi connectivity index (χ2v) is 7.15. The number of anilines is 1. The summed E-state index contributed by atoms with van der Waals surface area (Å²) in [7, 11) is 0. The van der Waals surface area contributed by atoms with Crippen molar-refractivity contribution in [2.45, 2.75) is 30.5 Å². The van der Waals surface area contributed by atoms with Gasteiger partial charge in [0.25, 0.3) is 5.91 Å². The van der Waals surface area contributed by atoms with E-state index < -0.39 is 0 Å². The van der Waals surface area contributed by atoms with Crippen molar-refractivity contribution in [3.05, 3.63) is 59.7 Å². The molecule has 0 saturated heterocycles. The molecule has 1 aliphatic heterocycles. The number of nitrogens with one attached hydrogen (secondary N) is 1. The van der Waals surface area contributed by atoms with Gasteiger partial charge in [-0.3, -0.25) is 9.59 Å². The van der Waals surface area contributed by atoms with Crippen LogP contribution in [-0.2, 0) is 11.3 Å². The molecule has 3 rings (SSSR count). The largest absolute Gasteiger partial charge is 0.335 e. The van der Waals surface area contributed by atoms with Crippen LogP contribution in [0, 0.1) is 0 Å². The van der Waals surface area contributed by atoms with Crippen molar-refractivity contribution in [2.24, 2.45) is 0 Å². The predicted octanol–water partition coefficient (Wildman–Crippen LogP) is 3.78. The first-order valence-corrected chi connectivity index (χ1v) is 8.91. The van der Waals surface area contributed by atoms with Crippen LogP contribution in [0.2, 0.25) is 0 Å². The fourth-order valence-corrected chi connectivity index (χ4v) is 3.59. The summed E-state index contributed by atoms with van der Waals surface area (Å²) in [5.74, 6) is -0.0456. The van der Waals surface area contributed by atoms with Gasteiger partial charge in [0.05, 0.1) is 10.9 Å². The smallest absolute Gasteiger partial charge is 0.254 e. The Morgan fingerprint density at radius 2 is 1.96 bits per heavy atom. The van der Waals surface area contributed by atoms with Gasteiger partial charge in [-0.2, -0.15) is 0 Å². The van der Waals surface area contributed by atoms with Crippen molar-refractivity contribution in [1.29, 1.82) is 0 Å². The van der Waals surface area contributed by atoms with Crippen molar-refractivity contribution in [3.8, 4) is 0 Å². The van der Waals surface area contributed by atoms with Crippen molar-refractivity contribution < 1.29 is 9.59 Å². The van der Waals surface area contributed by atoms with Crippen LogP contribution >= 0.6 is 11.8 Å². The lowest BCUT2D eigenvalue weighted by Gasteiger charge is -2.24. The minimum absolute atomic E-state index is 0.0197. The van der Waals surface area contributed by atoms with Gasteiger partial charge < -0.3 is 10.2 Å². The summed E-state index contributed by atoms with van der Waals surface area (Å²) < 4.78 is 0. The van der Waals surface area contributed by atoms with Crippen LogP contribution in [0.5, 0.6) is 0 Å². The fourth-order valence-electron chi connectivity index (χ4n) is 2.66. The normalized spacial score (nSPS) is 16.2. The highest BCUT2D eigenvalue weighted by Crippen LogP contribution is 2.36. The minimum atomic E-state index is -0.107. The lowest BCUT2D eigenvalue weighted by atomic mass is 10.1. The molecule has 1 aliphatic rings. The molecule has 124 valence electrons. The Morgan fingerprint density at radius 1 is 1.21 bits per heavy atom. The number of thioether (sulfide) groups is 1. The van der Waals surface area contributed by atoms with Gasteiger partial charge in [-0.25, -0.2) is 0 Å². The number of carbonyl (C=O) groups excluding carboxylic acids is 2. The molecule has 0 bridgehead atoms. The van der Waals surface area contributed by atoms with Gasteiger partial charge in [0.15, 0.2) is 0 Å². The summed E-state index contributed by atoms with van der Waals surface area (Å²) in [5.41, 5.74) is 2.43. The van der Waals surface area contributed by atoms with Gasteiger partial charge in [0.2, 0.25) is 5.91 Å². The molecule has 5 heteroatoms. The zero-order valence-electron chi connectivity index (χ0n) is 13.8. The second-order valence-electron chi connectivity index (χ2n) is 5.77. The van der Waals surface area contributed by atoms with Crippen LogP contribution in [0.1, 0.15) is 29.8 Å². The van der Waals surface area contributed by atoms with E-state index in [4.69, 9.17) is 0 Å². The lowest BCUT2D eigenvalue weighted by molar-refractivity contribution is -0.115. The van der Waals surface area contributed by atoms with E-state index in [1.165, 1.54) is 11.8 Å². The van der Waals surface area contributed by atoms with E-state index in [2.05, 4.69) is 5.32 Å². The van der Waals surface area contributed by atoms with Gasteiger partial charge in [-0.1, -0.05) is 30.3 Å². The first-order valence-electron chi connectivity index (χ1n) is 8.03. The molecular formula is C19H20N2O2S. The molecule has 0 radical (unpaired) electrons. The van der Waals surface area contributed by atoms with Gasteiger partial charge in [0.1, 0.15) is 0 Å². The molecule has 1 heterocycles. The maximum absolute atomic E-state index is 12.8. The van der Waals surface area contributed by atoms with E-state index in [0.29, 0.717) is 18.7 Å². The predicted molar refractivity (Wildman–Crippen MR) is 97.2 cm³/mol. The van der Waals surface area contributed by atoms with Crippen LogP contribution in [0.4, 0.5) is 5.69 Å². The molecule has 0 aromatic heterocycles. The van der Waals surface area contributed by atoms with E-state index >= 15 is 0 Å². The van der Waals surface area contributed by atoms with Crippen LogP contribution in [-0.4, -0.2) is 28.5 Å². The molecule has 0 unspecified atom stereocenters. The molecule has 2 aromatic rings. The highest BCUT2D eigenvalue weighted by molar-refractivity contribution is 8.00. The zero-order chi connectivity index (χ0) is 17.1. The average molecular weight is 340 g/mol. The van der Waals surface area contributed by atoms with Crippen molar-refractivity contribution in [2.75, 3.05) is 11.9 Å². The maximum Gasteiger partial charge on any atom is 0.254 e. The summed E-state index contributed by atoms with van der Waals surface area (Å²) in [6, 6.07) is 15.5. The Labute approximate surface area is 146 Å². The topological polar surface area (TPSA) is 49.4 Å². The molecular weight excluding hydrogens is 320 g/mol. The average Bonchev–Trinajstić information content (AvgIpc) is 2.60. The number of hydrogen-bond acceptors (Lipinski definition) is 3. The number of carbonyl (C=O) groups is 2. The highest BCUT2D eigenvalue weighted by atomic mass is 32.2. The molecule has 1 atom stereocenters. The first-order chi connectivity index (χ1) is 11.6. The van der Waals surface area contributed by atoms with E-state index in [9.17, 15) is 9.59 Å². The Hall–Kier alpha value is -2.27. The lowest BCUT2D eigenvalue weighted by Crippen LogP contribution is -2.31. The summed E-state index contributed by atoms with van der Waals surface area (Å²) >= 11 is 1.52. The third-order valence-corrected chi connectivity index (χ3v) is 5.22. The zero-order valence-corrected chi connectivity index (χ0v) is 14.6. The minimum Gasteiger partial charge on any atom is -0.335 e. The van der Waals surface area contributed by atoms with Crippen LogP contribution in [0.25, 0.3) is 0 Å². The first kappa shape index (κ1) is 16.6. The van der Waals surface area contributed by atoms with Gasteiger partial charge in [-0.15, -0.1) is 11.8 Å². The summed E-state index contributed by atoms with van der Waals surface area (Å²) in [6.07, 6.45) is 0. The van der Waals surface area contributed by atoms with Gasteiger partial charge in [0, 0.05) is 23.5 Å². The van der Waals surface area contributed by atoms with E-state index in [-0.39, 0.29) is 17.1 Å². The molecule has 1 N–H and O–H groups in total. The number of amides is 2. The molecule has 0 saturated carbocycles. The van der Waals surface area contributed by atoms with Crippen molar-refractivity contribution in [1.82, 2.24) is 4.90 Å². The second kappa shape index (κ2) is 7.09. The fraction of sp³-hybridized carbons (Fsp3) is 0.263. The van der Waals surface area contributed by atoms with Crippen molar-refractivity contribution >= 4 is 29.3 Å². The molecule has 2 aromatic carbocycles. The van der Waals surface area contributed by atoms with Crippen LogP contribution in [0.15, 0.2) is 53.4 Å². The summed E-state index contributed by atoms with van der Waals surface area (Å²) in [6.45, 7) is 5.05. The molecule has 24 heavy (non-hydrogen) atoms. The SMILES string of the molecule is CCN(Cc1ccccc1)C(=O)c1ccc2c(c1)NC(=O)[C@H](C)S2. The third kappa shape index (κ3) is 3.46. The Balaban J connectivity index is 1.81. The quantitative estimate of drug-likeness (QED) is 0.921. The molecule has 0 aliphatic carbocycles. The summed E-state index contributed by atoms with van der Waals surface area (Å²) in [5, 5.41) is 2.77. The third-order valence-electron chi connectivity index (χ3n) is 4.04.